The highest BCUT2D eigenvalue weighted by Crippen LogP contribution is 2.28. The van der Waals surface area contributed by atoms with Crippen molar-refractivity contribution < 1.29 is 4.79 Å². The minimum absolute atomic E-state index is 0.225. The standard InChI is InChI=1S/C19H16Cl2N2OS/c1-2-12-6-8-13(9-7-12)22-19(24)17-11-25-18(23-17)10-14-15(20)4-3-5-16(14)21/h3-9,11H,2,10H2,1H3,(H,22,24). The van der Waals surface area contributed by atoms with E-state index in [2.05, 4.69) is 17.2 Å². The lowest BCUT2D eigenvalue weighted by Gasteiger charge is -2.05. The van der Waals surface area contributed by atoms with Crippen LogP contribution in [-0.2, 0) is 12.8 Å². The summed E-state index contributed by atoms with van der Waals surface area (Å²) in [7, 11) is 0. The van der Waals surface area contributed by atoms with Crippen molar-refractivity contribution in [3.8, 4) is 0 Å². The predicted octanol–water partition coefficient (Wildman–Crippen LogP) is 5.86. The number of hydrogen-bond acceptors (Lipinski definition) is 3. The highest BCUT2D eigenvalue weighted by molar-refractivity contribution is 7.09. The molecule has 6 heteroatoms. The summed E-state index contributed by atoms with van der Waals surface area (Å²) in [5.41, 5.74) is 3.20. The van der Waals surface area contributed by atoms with Crippen molar-refractivity contribution in [3.05, 3.63) is 79.7 Å². The highest BCUT2D eigenvalue weighted by atomic mass is 35.5. The number of carbonyl (C=O) groups excluding carboxylic acids is 1. The summed E-state index contributed by atoms with van der Waals surface area (Å²) < 4.78 is 0. The van der Waals surface area contributed by atoms with Crippen LogP contribution >= 0.6 is 34.5 Å². The normalized spacial score (nSPS) is 10.7. The summed E-state index contributed by atoms with van der Waals surface area (Å²) in [5, 5.41) is 6.60. The Labute approximate surface area is 160 Å². The predicted molar refractivity (Wildman–Crippen MR) is 105 cm³/mol. The summed E-state index contributed by atoms with van der Waals surface area (Å²) in [6.45, 7) is 2.09. The van der Waals surface area contributed by atoms with E-state index >= 15 is 0 Å². The Morgan fingerprint density at radius 1 is 1.12 bits per heavy atom. The number of benzene rings is 2. The van der Waals surface area contributed by atoms with Gasteiger partial charge in [0.25, 0.3) is 5.91 Å². The van der Waals surface area contributed by atoms with Crippen LogP contribution in [0, 0.1) is 0 Å². The zero-order chi connectivity index (χ0) is 17.8. The van der Waals surface area contributed by atoms with Crippen molar-refractivity contribution in [2.24, 2.45) is 0 Å². The Kier molecular flexibility index (Phi) is 5.74. The molecule has 1 amide bonds. The number of halogens is 2. The van der Waals surface area contributed by atoms with Gasteiger partial charge in [-0.1, -0.05) is 48.3 Å². The molecule has 0 saturated heterocycles. The van der Waals surface area contributed by atoms with E-state index in [0.717, 1.165) is 22.7 Å². The van der Waals surface area contributed by atoms with Gasteiger partial charge in [0, 0.05) is 27.5 Å². The van der Waals surface area contributed by atoms with E-state index in [1.807, 2.05) is 24.3 Å². The van der Waals surface area contributed by atoms with Gasteiger partial charge in [0.1, 0.15) is 5.69 Å². The van der Waals surface area contributed by atoms with Crippen molar-refractivity contribution in [1.29, 1.82) is 0 Å². The lowest BCUT2D eigenvalue weighted by molar-refractivity contribution is 0.102. The molecular weight excluding hydrogens is 375 g/mol. The molecule has 0 unspecified atom stereocenters. The molecule has 0 spiro atoms. The van der Waals surface area contributed by atoms with Crippen LogP contribution in [0.3, 0.4) is 0 Å². The maximum atomic E-state index is 12.3. The Morgan fingerprint density at radius 2 is 1.80 bits per heavy atom. The third-order valence-corrected chi connectivity index (χ3v) is 5.35. The number of hydrogen-bond donors (Lipinski definition) is 1. The maximum Gasteiger partial charge on any atom is 0.275 e. The molecule has 0 saturated carbocycles. The first kappa shape index (κ1) is 17.9. The molecule has 1 heterocycles. The second-order valence-electron chi connectivity index (χ2n) is 5.51. The average molecular weight is 391 g/mol. The molecular formula is C19H16Cl2N2OS. The summed E-state index contributed by atoms with van der Waals surface area (Å²) in [6, 6.07) is 13.2. The fourth-order valence-corrected chi connectivity index (χ4v) is 3.68. The fraction of sp³-hybridized carbons (Fsp3) is 0.158. The molecule has 0 radical (unpaired) electrons. The molecule has 3 nitrogen and oxygen atoms in total. The quantitative estimate of drug-likeness (QED) is 0.592. The molecule has 0 atom stereocenters. The molecule has 128 valence electrons. The van der Waals surface area contributed by atoms with Crippen LogP contribution in [0.15, 0.2) is 47.8 Å². The van der Waals surface area contributed by atoms with Gasteiger partial charge in [-0.2, -0.15) is 0 Å². The number of carbonyl (C=O) groups is 1. The van der Waals surface area contributed by atoms with Crippen molar-refractivity contribution in [1.82, 2.24) is 4.98 Å². The number of nitrogens with zero attached hydrogens (tertiary/aromatic N) is 1. The molecule has 0 aliphatic heterocycles. The third-order valence-electron chi connectivity index (χ3n) is 3.79. The van der Waals surface area contributed by atoms with Crippen LogP contribution in [0.25, 0.3) is 0 Å². The van der Waals surface area contributed by atoms with Gasteiger partial charge in [0.05, 0.1) is 5.01 Å². The minimum atomic E-state index is -0.225. The van der Waals surface area contributed by atoms with Crippen LogP contribution in [0.4, 0.5) is 5.69 Å². The molecule has 1 N–H and O–H groups in total. The second kappa shape index (κ2) is 8.00. The van der Waals surface area contributed by atoms with Crippen LogP contribution in [-0.4, -0.2) is 10.9 Å². The molecule has 25 heavy (non-hydrogen) atoms. The average Bonchev–Trinajstić information content (AvgIpc) is 3.08. The van der Waals surface area contributed by atoms with E-state index < -0.39 is 0 Å². The summed E-state index contributed by atoms with van der Waals surface area (Å²) in [5.74, 6) is -0.225. The van der Waals surface area contributed by atoms with E-state index in [9.17, 15) is 4.79 Å². The fourth-order valence-electron chi connectivity index (χ4n) is 2.37. The lowest BCUT2D eigenvalue weighted by atomic mass is 10.1. The molecule has 0 aliphatic carbocycles. The van der Waals surface area contributed by atoms with Gasteiger partial charge >= 0.3 is 0 Å². The van der Waals surface area contributed by atoms with E-state index in [0.29, 0.717) is 22.2 Å². The number of aryl methyl sites for hydroxylation is 1. The van der Waals surface area contributed by atoms with Crippen molar-refractivity contribution in [2.75, 3.05) is 5.32 Å². The number of thiazole rings is 1. The number of rotatable bonds is 5. The van der Waals surface area contributed by atoms with Gasteiger partial charge in [-0.05, 0) is 41.8 Å². The van der Waals surface area contributed by atoms with Gasteiger partial charge in [0.15, 0.2) is 0 Å². The van der Waals surface area contributed by atoms with Crippen LogP contribution in [0.5, 0.6) is 0 Å². The molecule has 0 bridgehead atoms. The Morgan fingerprint density at radius 3 is 2.44 bits per heavy atom. The van der Waals surface area contributed by atoms with Crippen LogP contribution < -0.4 is 5.32 Å². The molecule has 0 aliphatic rings. The maximum absolute atomic E-state index is 12.3. The Bertz CT molecular complexity index is 870. The molecule has 1 aromatic heterocycles. The SMILES string of the molecule is CCc1ccc(NC(=O)c2csc(Cc3c(Cl)cccc3Cl)n2)cc1. The third kappa shape index (κ3) is 4.40. The molecule has 3 rings (SSSR count). The number of anilines is 1. The van der Waals surface area contributed by atoms with E-state index in [-0.39, 0.29) is 5.91 Å². The van der Waals surface area contributed by atoms with Gasteiger partial charge in [0.2, 0.25) is 0 Å². The van der Waals surface area contributed by atoms with Gasteiger partial charge in [-0.15, -0.1) is 11.3 Å². The van der Waals surface area contributed by atoms with E-state index in [1.54, 1.807) is 23.6 Å². The van der Waals surface area contributed by atoms with Crippen LogP contribution in [0.1, 0.15) is 33.5 Å². The Balaban J connectivity index is 1.71. The topological polar surface area (TPSA) is 42.0 Å². The smallest absolute Gasteiger partial charge is 0.275 e. The summed E-state index contributed by atoms with van der Waals surface area (Å²) >= 11 is 13.8. The number of aromatic nitrogens is 1. The Hall–Kier alpha value is -1.88. The zero-order valence-corrected chi connectivity index (χ0v) is 15.9. The first-order valence-corrected chi connectivity index (χ1v) is 9.48. The highest BCUT2D eigenvalue weighted by Gasteiger charge is 2.14. The van der Waals surface area contributed by atoms with E-state index in [4.69, 9.17) is 23.2 Å². The monoisotopic (exact) mass is 390 g/mol. The van der Waals surface area contributed by atoms with Crippen molar-refractivity contribution in [2.45, 2.75) is 19.8 Å². The first-order chi connectivity index (χ1) is 12.1. The number of amides is 1. The van der Waals surface area contributed by atoms with Gasteiger partial charge < -0.3 is 5.32 Å². The zero-order valence-electron chi connectivity index (χ0n) is 13.6. The van der Waals surface area contributed by atoms with Crippen molar-refractivity contribution >= 4 is 46.1 Å². The van der Waals surface area contributed by atoms with Crippen LogP contribution in [0.2, 0.25) is 10.0 Å². The summed E-state index contributed by atoms with van der Waals surface area (Å²) in [6.07, 6.45) is 1.47. The minimum Gasteiger partial charge on any atom is -0.321 e. The van der Waals surface area contributed by atoms with Gasteiger partial charge in [-0.25, -0.2) is 4.98 Å². The molecule has 0 fully saturated rings. The molecule has 2 aromatic carbocycles. The lowest BCUT2D eigenvalue weighted by Crippen LogP contribution is -2.12. The number of nitrogens with one attached hydrogen (secondary N) is 1. The van der Waals surface area contributed by atoms with Crippen molar-refractivity contribution in [3.63, 3.8) is 0 Å². The second-order valence-corrected chi connectivity index (χ2v) is 7.27. The molecule has 3 aromatic rings. The van der Waals surface area contributed by atoms with E-state index in [1.165, 1.54) is 16.9 Å². The van der Waals surface area contributed by atoms with Gasteiger partial charge in [-0.3, -0.25) is 4.79 Å². The summed E-state index contributed by atoms with van der Waals surface area (Å²) in [4.78, 5) is 16.8. The first-order valence-electron chi connectivity index (χ1n) is 7.84. The largest absolute Gasteiger partial charge is 0.321 e.